The largest absolute Gasteiger partial charge is 0.283 e. The topological polar surface area (TPSA) is 89.3 Å². The normalized spacial score (nSPS) is 13.0. The molecule has 0 aliphatic rings. The van der Waals surface area contributed by atoms with Gasteiger partial charge in [-0.25, -0.2) is 8.42 Å². The maximum absolute atomic E-state index is 11.9. The molecule has 1 aromatic carbocycles. The van der Waals surface area contributed by atoms with Crippen LogP contribution in [0.25, 0.3) is 0 Å². The number of nitrogens with one attached hydrogen (secondary N) is 1. The third-order valence-corrected chi connectivity index (χ3v) is 4.84. The van der Waals surface area contributed by atoms with E-state index in [1.807, 2.05) is 0 Å². The summed E-state index contributed by atoms with van der Waals surface area (Å²) in [7, 11) is -3.52. The molecular weight excluding hydrogens is 304 g/mol. The highest BCUT2D eigenvalue weighted by Crippen LogP contribution is 2.26. The van der Waals surface area contributed by atoms with Crippen molar-refractivity contribution in [1.82, 2.24) is 0 Å². The van der Waals surface area contributed by atoms with Gasteiger partial charge < -0.3 is 0 Å². The van der Waals surface area contributed by atoms with E-state index in [0.29, 0.717) is 16.8 Å². The average Bonchev–Trinajstić information content (AvgIpc) is 2.31. The predicted octanol–water partition coefficient (Wildman–Crippen LogP) is 2.83. The number of hydrogen-bond donors (Lipinski definition) is 1. The minimum Gasteiger partial charge on any atom is -0.283 e. The van der Waals surface area contributed by atoms with Gasteiger partial charge in [0.1, 0.15) is 0 Å². The third-order valence-electron chi connectivity index (χ3n) is 2.77. The molecule has 8 heteroatoms. The van der Waals surface area contributed by atoms with E-state index in [1.54, 1.807) is 20.8 Å². The highest BCUT2D eigenvalue weighted by molar-refractivity contribution is 7.92. The van der Waals surface area contributed by atoms with Crippen LogP contribution in [0.5, 0.6) is 0 Å². The van der Waals surface area contributed by atoms with Crippen LogP contribution in [0.15, 0.2) is 12.1 Å². The highest BCUT2D eigenvalue weighted by atomic mass is 35.5. The van der Waals surface area contributed by atoms with Crippen molar-refractivity contribution in [1.29, 1.82) is 0 Å². The van der Waals surface area contributed by atoms with Gasteiger partial charge in [0.25, 0.3) is 5.69 Å². The Kier molecular flexibility index (Phi) is 5.35. The van der Waals surface area contributed by atoms with E-state index in [2.05, 4.69) is 4.72 Å². The highest BCUT2D eigenvalue weighted by Gasteiger charge is 2.19. The number of anilines is 1. The van der Waals surface area contributed by atoms with E-state index in [1.165, 1.54) is 12.1 Å². The molecule has 1 N–H and O–H groups in total. The van der Waals surface area contributed by atoms with Crippen molar-refractivity contribution in [3.05, 3.63) is 33.4 Å². The Morgan fingerprint density at radius 1 is 1.35 bits per heavy atom. The first-order valence-corrected chi connectivity index (χ1v) is 8.17. The summed E-state index contributed by atoms with van der Waals surface area (Å²) < 4.78 is 26.3. The number of benzene rings is 1. The molecule has 112 valence electrons. The molecule has 1 unspecified atom stereocenters. The van der Waals surface area contributed by atoms with Crippen LogP contribution in [-0.4, -0.2) is 25.0 Å². The van der Waals surface area contributed by atoms with Gasteiger partial charge in [0, 0.05) is 17.5 Å². The maximum atomic E-state index is 11.9. The van der Waals surface area contributed by atoms with Gasteiger partial charge >= 0.3 is 0 Å². The van der Waals surface area contributed by atoms with Crippen molar-refractivity contribution in [3.8, 4) is 0 Å². The van der Waals surface area contributed by atoms with E-state index in [9.17, 15) is 18.5 Å². The molecule has 0 fully saturated rings. The molecule has 0 heterocycles. The van der Waals surface area contributed by atoms with Crippen molar-refractivity contribution in [2.75, 3.05) is 16.4 Å². The third kappa shape index (κ3) is 4.35. The van der Waals surface area contributed by atoms with E-state index in [4.69, 9.17) is 11.6 Å². The molecule has 1 aromatic rings. The number of aryl methyl sites for hydroxylation is 2. The van der Waals surface area contributed by atoms with Crippen LogP contribution < -0.4 is 4.72 Å². The lowest BCUT2D eigenvalue weighted by molar-refractivity contribution is -0.385. The van der Waals surface area contributed by atoms with Crippen molar-refractivity contribution >= 4 is 33.0 Å². The monoisotopic (exact) mass is 320 g/mol. The number of nitro benzene ring substituents is 1. The lowest BCUT2D eigenvalue weighted by Crippen LogP contribution is -2.22. The molecule has 0 aliphatic heterocycles. The molecule has 1 atom stereocenters. The number of sulfonamides is 1. The minimum absolute atomic E-state index is 0.0282. The molecule has 0 amide bonds. The summed E-state index contributed by atoms with van der Waals surface area (Å²) in [6.45, 7) is 4.92. The van der Waals surface area contributed by atoms with Crippen LogP contribution in [0.1, 0.15) is 18.1 Å². The van der Waals surface area contributed by atoms with E-state index < -0.39 is 14.9 Å². The Morgan fingerprint density at radius 3 is 2.45 bits per heavy atom. The molecule has 20 heavy (non-hydrogen) atoms. The number of hydrogen-bond acceptors (Lipinski definition) is 4. The number of nitro groups is 1. The summed E-state index contributed by atoms with van der Waals surface area (Å²) in [5.41, 5.74) is 1.24. The second kappa shape index (κ2) is 6.41. The first-order valence-electron chi connectivity index (χ1n) is 5.98. The van der Waals surface area contributed by atoms with Crippen LogP contribution in [0, 0.1) is 29.9 Å². The zero-order valence-electron chi connectivity index (χ0n) is 11.5. The second-order valence-electron chi connectivity index (χ2n) is 4.85. The Hall–Kier alpha value is -1.34. The average molecular weight is 321 g/mol. The van der Waals surface area contributed by atoms with Gasteiger partial charge in [-0.2, -0.15) is 0 Å². The second-order valence-corrected chi connectivity index (χ2v) is 6.93. The van der Waals surface area contributed by atoms with E-state index >= 15 is 0 Å². The smallest absolute Gasteiger partial charge is 0.272 e. The summed E-state index contributed by atoms with van der Waals surface area (Å²) in [5, 5.41) is 10.8. The molecule has 0 radical (unpaired) electrons. The Balaban J connectivity index is 3.05. The van der Waals surface area contributed by atoms with Crippen LogP contribution in [-0.2, 0) is 10.0 Å². The zero-order chi connectivity index (χ0) is 15.5. The van der Waals surface area contributed by atoms with Gasteiger partial charge in [-0.15, -0.1) is 11.6 Å². The molecule has 0 bridgehead atoms. The fourth-order valence-electron chi connectivity index (χ4n) is 1.74. The predicted molar refractivity (Wildman–Crippen MR) is 79.9 cm³/mol. The van der Waals surface area contributed by atoms with Gasteiger partial charge in [0.15, 0.2) is 0 Å². The Bertz CT molecular complexity index is 616. The number of alkyl halides is 1. The molecular formula is C12H17ClN2O4S. The van der Waals surface area contributed by atoms with Crippen molar-refractivity contribution in [3.63, 3.8) is 0 Å². The standard InChI is InChI=1S/C12H17ClN2O4S/c1-8(6-13)7-20(18,19)14-11-4-10(3)12(15(16)17)5-9(11)2/h4-5,8,14H,6-7H2,1-3H3. The van der Waals surface area contributed by atoms with E-state index in [-0.39, 0.29) is 23.2 Å². The summed E-state index contributed by atoms with van der Waals surface area (Å²) in [4.78, 5) is 10.3. The zero-order valence-corrected chi connectivity index (χ0v) is 13.1. The summed E-state index contributed by atoms with van der Waals surface area (Å²) in [6.07, 6.45) is 0. The molecule has 0 spiro atoms. The molecule has 0 aromatic heterocycles. The van der Waals surface area contributed by atoms with Gasteiger partial charge in [0.05, 0.1) is 16.4 Å². The first-order chi connectivity index (χ1) is 9.16. The number of halogens is 1. The first kappa shape index (κ1) is 16.7. The van der Waals surface area contributed by atoms with Gasteiger partial charge in [-0.1, -0.05) is 6.92 Å². The molecule has 1 rings (SSSR count). The number of nitrogens with zero attached hydrogens (tertiary/aromatic N) is 1. The summed E-state index contributed by atoms with van der Waals surface area (Å²) in [5.74, 6) is -0.0147. The lowest BCUT2D eigenvalue weighted by Gasteiger charge is -2.13. The molecule has 0 saturated heterocycles. The van der Waals surface area contributed by atoms with Gasteiger partial charge in [0.2, 0.25) is 10.0 Å². The van der Waals surface area contributed by atoms with E-state index in [0.717, 1.165) is 0 Å². The van der Waals surface area contributed by atoms with Crippen LogP contribution in [0.3, 0.4) is 0 Å². The van der Waals surface area contributed by atoms with Crippen molar-refractivity contribution < 1.29 is 13.3 Å². The van der Waals surface area contributed by atoms with Gasteiger partial charge in [-0.05, 0) is 31.4 Å². The molecule has 0 aliphatic carbocycles. The fourth-order valence-corrected chi connectivity index (χ4v) is 3.48. The van der Waals surface area contributed by atoms with Crippen LogP contribution in [0.2, 0.25) is 0 Å². The number of rotatable bonds is 6. The summed E-state index contributed by atoms with van der Waals surface area (Å²) >= 11 is 5.61. The SMILES string of the molecule is Cc1cc([N+](=O)[O-])c(C)cc1NS(=O)(=O)CC(C)CCl. The van der Waals surface area contributed by atoms with Crippen LogP contribution >= 0.6 is 11.6 Å². The van der Waals surface area contributed by atoms with Crippen molar-refractivity contribution in [2.24, 2.45) is 5.92 Å². The quantitative estimate of drug-likeness (QED) is 0.496. The molecule has 6 nitrogen and oxygen atoms in total. The van der Waals surface area contributed by atoms with Gasteiger partial charge in [-0.3, -0.25) is 14.8 Å². The maximum Gasteiger partial charge on any atom is 0.272 e. The Labute approximate surface area is 123 Å². The molecule has 0 saturated carbocycles. The summed E-state index contributed by atoms with van der Waals surface area (Å²) in [6, 6.07) is 2.83. The Morgan fingerprint density at radius 2 is 1.95 bits per heavy atom. The minimum atomic E-state index is -3.52. The fraction of sp³-hybridized carbons (Fsp3) is 0.500. The lowest BCUT2D eigenvalue weighted by atomic mass is 10.1. The van der Waals surface area contributed by atoms with Crippen LogP contribution in [0.4, 0.5) is 11.4 Å². The van der Waals surface area contributed by atoms with Crippen molar-refractivity contribution in [2.45, 2.75) is 20.8 Å².